The lowest BCUT2D eigenvalue weighted by atomic mass is 10.1. The Kier molecular flexibility index (Phi) is 4.84. The fourth-order valence-corrected chi connectivity index (χ4v) is 3.48. The van der Waals surface area contributed by atoms with Crippen LogP contribution in [-0.4, -0.2) is 19.6 Å². The highest BCUT2D eigenvalue weighted by Crippen LogP contribution is 2.31. The van der Waals surface area contributed by atoms with Gasteiger partial charge in [0.2, 0.25) is 0 Å². The van der Waals surface area contributed by atoms with Crippen LogP contribution in [-0.2, 0) is 12.6 Å². The molecule has 4 aromatic rings. The summed E-state index contributed by atoms with van der Waals surface area (Å²) in [6.45, 7) is 0. The van der Waals surface area contributed by atoms with Gasteiger partial charge in [-0.3, -0.25) is 9.38 Å². The van der Waals surface area contributed by atoms with E-state index in [1.165, 1.54) is 12.3 Å². The number of hydrogen-bond acceptors (Lipinski definition) is 3. The van der Waals surface area contributed by atoms with Crippen molar-refractivity contribution < 1.29 is 13.2 Å². The zero-order valence-corrected chi connectivity index (χ0v) is 16.4. The number of rotatable bonds is 3. The van der Waals surface area contributed by atoms with E-state index in [0.717, 1.165) is 21.7 Å². The molecule has 9 heteroatoms. The lowest BCUT2D eigenvalue weighted by Crippen LogP contribution is -2.08. The van der Waals surface area contributed by atoms with Crippen LogP contribution in [0, 0.1) is 0 Å². The molecule has 28 heavy (non-hydrogen) atoms. The Labute approximate surface area is 171 Å². The highest BCUT2D eigenvalue weighted by Gasteiger charge is 2.32. The second-order valence-corrected chi connectivity index (χ2v) is 7.40. The van der Waals surface area contributed by atoms with Crippen LogP contribution in [0.3, 0.4) is 0 Å². The monoisotopic (exact) mass is 466 g/mol. The number of hydrogen-bond donors (Lipinski definition) is 0. The van der Waals surface area contributed by atoms with E-state index in [4.69, 9.17) is 11.6 Å². The molecule has 0 aliphatic heterocycles. The Bertz CT molecular complexity index is 1140. The molecule has 0 N–H and O–H groups in total. The largest absolute Gasteiger partial charge is 0.433 e. The predicted molar refractivity (Wildman–Crippen MR) is 103 cm³/mol. The van der Waals surface area contributed by atoms with Gasteiger partial charge in [0.15, 0.2) is 5.65 Å². The Hall–Kier alpha value is -2.45. The Morgan fingerprint density at radius 2 is 1.79 bits per heavy atom. The third-order valence-electron chi connectivity index (χ3n) is 4.20. The van der Waals surface area contributed by atoms with Crippen LogP contribution >= 0.6 is 27.5 Å². The molecule has 0 atom stereocenters. The quantitative estimate of drug-likeness (QED) is 0.381. The van der Waals surface area contributed by atoms with E-state index in [-0.39, 0.29) is 0 Å². The second kappa shape index (κ2) is 7.18. The first-order valence-electron chi connectivity index (χ1n) is 8.12. The van der Waals surface area contributed by atoms with Gasteiger partial charge in [0.05, 0.1) is 0 Å². The lowest BCUT2D eigenvalue weighted by molar-refractivity contribution is -0.141. The minimum atomic E-state index is -4.46. The average molecular weight is 468 g/mol. The molecule has 0 amide bonds. The topological polar surface area (TPSA) is 43.1 Å². The second-order valence-electron chi connectivity index (χ2n) is 6.11. The third kappa shape index (κ3) is 3.74. The SMILES string of the molecule is FC(F)(F)c1ccc(Cc2nnc3cc(-c4ccc(Cl)cc4)c(Br)cn23)cn1. The smallest absolute Gasteiger partial charge is 0.285 e. The summed E-state index contributed by atoms with van der Waals surface area (Å²) in [5.74, 6) is 0.597. The maximum Gasteiger partial charge on any atom is 0.433 e. The number of benzene rings is 1. The summed E-state index contributed by atoms with van der Waals surface area (Å²) in [7, 11) is 0. The first-order valence-corrected chi connectivity index (χ1v) is 9.29. The summed E-state index contributed by atoms with van der Waals surface area (Å²) in [6, 6.07) is 11.7. The highest BCUT2D eigenvalue weighted by molar-refractivity contribution is 9.10. The molecule has 0 unspecified atom stereocenters. The van der Waals surface area contributed by atoms with Crippen LogP contribution in [0.15, 0.2) is 59.3 Å². The lowest BCUT2D eigenvalue weighted by Gasteiger charge is -2.08. The summed E-state index contributed by atoms with van der Waals surface area (Å²) < 4.78 is 40.6. The van der Waals surface area contributed by atoms with E-state index < -0.39 is 11.9 Å². The van der Waals surface area contributed by atoms with E-state index in [9.17, 15) is 13.2 Å². The molecule has 4 nitrogen and oxygen atoms in total. The van der Waals surface area contributed by atoms with Crippen molar-refractivity contribution in [2.75, 3.05) is 0 Å². The number of alkyl halides is 3. The van der Waals surface area contributed by atoms with Crippen LogP contribution < -0.4 is 0 Å². The third-order valence-corrected chi connectivity index (χ3v) is 5.08. The molecule has 1 aromatic carbocycles. The van der Waals surface area contributed by atoms with Crippen LogP contribution in [0.4, 0.5) is 13.2 Å². The number of pyridine rings is 2. The molecule has 0 spiro atoms. The zero-order chi connectivity index (χ0) is 19.9. The van der Waals surface area contributed by atoms with Crippen molar-refractivity contribution in [1.29, 1.82) is 0 Å². The van der Waals surface area contributed by atoms with Crippen LogP contribution in [0.2, 0.25) is 5.02 Å². The molecule has 0 bridgehead atoms. The van der Waals surface area contributed by atoms with Gasteiger partial charge >= 0.3 is 6.18 Å². The van der Waals surface area contributed by atoms with E-state index in [0.29, 0.717) is 28.5 Å². The zero-order valence-electron chi connectivity index (χ0n) is 14.1. The van der Waals surface area contributed by atoms with Gasteiger partial charge in [-0.2, -0.15) is 13.2 Å². The van der Waals surface area contributed by atoms with Crippen molar-refractivity contribution in [1.82, 2.24) is 19.6 Å². The standard InChI is InChI=1S/C19H11BrClF3N4/c20-15-10-28-17(7-11-1-6-16(25-9-11)19(22,23)24)26-27-18(28)8-14(15)12-2-4-13(21)5-3-12/h1-6,8-10H,7H2. The average Bonchev–Trinajstić information content (AvgIpc) is 3.03. The molecule has 3 aromatic heterocycles. The number of aromatic nitrogens is 4. The van der Waals surface area contributed by atoms with Gasteiger partial charge in [0.25, 0.3) is 0 Å². The highest BCUT2D eigenvalue weighted by atomic mass is 79.9. The van der Waals surface area contributed by atoms with Crippen LogP contribution in [0.5, 0.6) is 0 Å². The molecular weight excluding hydrogens is 457 g/mol. The summed E-state index contributed by atoms with van der Waals surface area (Å²) in [5.41, 5.74) is 2.22. The molecule has 0 fully saturated rings. The van der Waals surface area contributed by atoms with Crippen molar-refractivity contribution in [3.8, 4) is 11.1 Å². The molecule has 0 radical (unpaired) electrons. The van der Waals surface area contributed by atoms with E-state index >= 15 is 0 Å². The minimum Gasteiger partial charge on any atom is -0.285 e. The molecule has 4 rings (SSSR count). The molecule has 0 aliphatic carbocycles. The first-order chi connectivity index (χ1) is 13.3. The summed E-state index contributed by atoms with van der Waals surface area (Å²) >= 11 is 9.50. The fraction of sp³-hybridized carbons (Fsp3) is 0.105. The molecular formula is C19H11BrClF3N4. The Morgan fingerprint density at radius 1 is 1.04 bits per heavy atom. The van der Waals surface area contributed by atoms with Crippen molar-refractivity contribution in [3.63, 3.8) is 0 Å². The van der Waals surface area contributed by atoms with E-state index in [1.807, 2.05) is 24.4 Å². The number of fused-ring (bicyclic) bond motifs is 1. The minimum absolute atomic E-state index is 0.305. The van der Waals surface area contributed by atoms with Crippen molar-refractivity contribution in [2.45, 2.75) is 12.6 Å². The fourth-order valence-electron chi connectivity index (χ4n) is 2.81. The summed E-state index contributed by atoms with van der Waals surface area (Å²) in [4.78, 5) is 3.49. The van der Waals surface area contributed by atoms with Crippen molar-refractivity contribution >= 4 is 33.2 Å². The molecule has 3 heterocycles. The van der Waals surface area contributed by atoms with Gasteiger partial charge in [-0.05, 0) is 51.3 Å². The first kappa shape index (κ1) is 18.9. The normalized spacial score (nSPS) is 11.9. The van der Waals surface area contributed by atoms with E-state index in [2.05, 4.69) is 31.1 Å². The summed E-state index contributed by atoms with van der Waals surface area (Å²) in [5, 5.41) is 9.00. The van der Waals surface area contributed by atoms with Gasteiger partial charge in [0.1, 0.15) is 11.5 Å². The maximum absolute atomic E-state index is 12.6. The van der Waals surface area contributed by atoms with Crippen molar-refractivity contribution in [2.24, 2.45) is 0 Å². The molecule has 0 saturated carbocycles. The predicted octanol–water partition coefficient (Wildman–Crippen LogP) is 5.82. The molecule has 0 saturated heterocycles. The number of halogens is 5. The Morgan fingerprint density at radius 3 is 2.43 bits per heavy atom. The van der Waals surface area contributed by atoms with Gasteiger partial charge in [0, 0.05) is 33.9 Å². The van der Waals surface area contributed by atoms with Crippen molar-refractivity contribution in [3.05, 3.63) is 81.4 Å². The van der Waals surface area contributed by atoms with Gasteiger partial charge in [-0.1, -0.05) is 29.8 Å². The number of nitrogens with zero attached hydrogens (tertiary/aromatic N) is 4. The van der Waals surface area contributed by atoms with E-state index in [1.54, 1.807) is 16.5 Å². The van der Waals surface area contributed by atoms with Crippen LogP contribution in [0.1, 0.15) is 17.1 Å². The summed E-state index contributed by atoms with van der Waals surface area (Å²) in [6.07, 6.45) is -1.10. The molecule has 0 aliphatic rings. The Balaban J connectivity index is 1.66. The van der Waals surface area contributed by atoms with Gasteiger partial charge < -0.3 is 0 Å². The van der Waals surface area contributed by atoms with Gasteiger partial charge in [-0.15, -0.1) is 10.2 Å². The molecule has 142 valence electrons. The van der Waals surface area contributed by atoms with Gasteiger partial charge in [-0.25, -0.2) is 0 Å². The van der Waals surface area contributed by atoms with Crippen LogP contribution in [0.25, 0.3) is 16.8 Å². The maximum atomic E-state index is 12.6.